The van der Waals surface area contributed by atoms with Crippen molar-refractivity contribution < 1.29 is 19.5 Å². The largest absolute Gasteiger partial charge is 0.489 e. The summed E-state index contributed by atoms with van der Waals surface area (Å²) >= 11 is 0. The molecule has 7 nitrogen and oxygen atoms in total. The number of likely N-dealkylation sites (N-methyl/N-ethyl adjacent to an activating group) is 1. The number of amides is 2. The van der Waals surface area contributed by atoms with Crippen LogP contribution >= 0.6 is 0 Å². The molecule has 1 aliphatic heterocycles. The number of piperazine rings is 1. The van der Waals surface area contributed by atoms with Gasteiger partial charge in [-0.3, -0.25) is 14.8 Å². The molecule has 2 amide bonds. The smallest absolute Gasteiger partial charge is 0.247 e. The zero-order chi connectivity index (χ0) is 21.8. The van der Waals surface area contributed by atoms with Crippen LogP contribution < -0.4 is 10.2 Å². The predicted octanol–water partition coefficient (Wildman–Crippen LogP) is 2.09. The van der Waals surface area contributed by atoms with Gasteiger partial charge in [0.05, 0.1) is 11.3 Å². The topological polar surface area (TPSA) is 82.1 Å². The summed E-state index contributed by atoms with van der Waals surface area (Å²) in [6.45, 7) is 3.47. The SMILES string of the molecule is CN1CCN(C(=O)[C@@]2(Cc3ccc(OCc4ccccc4)cc3)C[C@@H]2C(=O)NO)CC1. The maximum Gasteiger partial charge on any atom is 0.247 e. The molecule has 0 aromatic heterocycles. The number of hydrogen-bond acceptors (Lipinski definition) is 5. The van der Waals surface area contributed by atoms with Gasteiger partial charge in [-0.15, -0.1) is 0 Å². The summed E-state index contributed by atoms with van der Waals surface area (Å²) in [7, 11) is 2.04. The molecule has 1 heterocycles. The van der Waals surface area contributed by atoms with E-state index in [9.17, 15) is 9.59 Å². The summed E-state index contributed by atoms with van der Waals surface area (Å²) < 4.78 is 5.85. The Morgan fingerprint density at radius 3 is 2.35 bits per heavy atom. The molecule has 2 aromatic rings. The Bertz CT molecular complexity index is 910. The summed E-state index contributed by atoms with van der Waals surface area (Å²) in [5.74, 6) is -0.213. The van der Waals surface area contributed by atoms with Crippen molar-refractivity contribution in [2.75, 3.05) is 33.2 Å². The average Bonchev–Trinajstić information content (AvgIpc) is 3.54. The van der Waals surface area contributed by atoms with E-state index in [0.29, 0.717) is 32.5 Å². The van der Waals surface area contributed by atoms with Gasteiger partial charge in [-0.1, -0.05) is 42.5 Å². The Morgan fingerprint density at radius 2 is 1.71 bits per heavy atom. The van der Waals surface area contributed by atoms with Gasteiger partial charge in [0.2, 0.25) is 11.8 Å². The molecule has 1 aliphatic carbocycles. The van der Waals surface area contributed by atoms with Crippen LogP contribution in [-0.4, -0.2) is 60.0 Å². The van der Waals surface area contributed by atoms with E-state index < -0.39 is 17.2 Å². The van der Waals surface area contributed by atoms with E-state index in [-0.39, 0.29) is 5.91 Å². The zero-order valence-electron chi connectivity index (χ0n) is 17.8. The van der Waals surface area contributed by atoms with Crippen molar-refractivity contribution in [3.63, 3.8) is 0 Å². The molecule has 0 spiro atoms. The zero-order valence-corrected chi connectivity index (χ0v) is 17.8. The molecule has 0 unspecified atom stereocenters. The molecule has 164 valence electrons. The molecule has 2 aromatic carbocycles. The van der Waals surface area contributed by atoms with Crippen LogP contribution in [0.3, 0.4) is 0 Å². The highest BCUT2D eigenvalue weighted by atomic mass is 16.5. The van der Waals surface area contributed by atoms with Crippen LogP contribution in [0.4, 0.5) is 0 Å². The Kier molecular flexibility index (Phi) is 6.25. The lowest BCUT2D eigenvalue weighted by molar-refractivity contribution is -0.142. The summed E-state index contributed by atoms with van der Waals surface area (Å²) in [5.41, 5.74) is 3.02. The highest BCUT2D eigenvalue weighted by Gasteiger charge is 2.64. The highest BCUT2D eigenvalue weighted by Crippen LogP contribution is 2.56. The van der Waals surface area contributed by atoms with Gasteiger partial charge in [0.1, 0.15) is 12.4 Å². The average molecular weight is 424 g/mol. The van der Waals surface area contributed by atoms with Gasteiger partial charge in [-0.05, 0) is 43.1 Å². The first kappa shape index (κ1) is 21.3. The van der Waals surface area contributed by atoms with Gasteiger partial charge in [0.25, 0.3) is 0 Å². The fraction of sp³-hybridized carbons (Fsp3) is 0.417. The van der Waals surface area contributed by atoms with Crippen LogP contribution in [-0.2, 0) is 22.6 Å². The monoisotopic (exact) mass is 423 g/mol. The number of carbonyl (C=O) groups excluding carboxylic acids is 2. The second kappa shape index (κ2) is 9.08. The van der Waals surface area contributed by atoms with Gasteiger partial charge >= 0.3 is 0 Å². The number of ether oxygens (including phenoxy) is 1. The molecule has 7 heteroatoms. The van der Waals surface area contributed by atoms with Crippen molar-refractivity contribution in [1.29, 1.82) is 0 Å². The Morgan fingerprint density at radius 1 is 1.03 bits per heavy atom. The van der Waals surface area contributed by atoms with E-state index in [4.69, 9.17) is 9.94 Å². The first-order valence-corrected chi connectivity index (χ1v) is 10.7. The van der Waals surface area contributed by atoms with Crippen LogP contribution in [0.2, 0.25) is 0 Å². The molecule has 31 heavy (non-hydrogen) atoms. The summed E-state index contributed by atoms with van der Waals surface area (Å²) in [5, 5.41) is 9.11. The molecule has 1 saturated carbocycles. The third-order valence-electron chi connectivity index (χ3n) is 6.41. The minimum Gasteiger partial charge on any atom is -0.489 e. The highest BCUT2D eigenvalue weighted by molar-refractivity contribution is 5.96. The van der Waals surface area contributed by atoms with Crippen LogP contribution in [0.25, 0.3) is 0 Å². The Balaban J connectivity index is 1.43. The molecule has 2 atom stereocenters. The van der Waals surface area contributed by atoms with Gasteiger partial charge in [0.15, 0.2) is 0 Å². The first-order chi connectivity index (χ1) is 15.0. The molecule has 2 aliphatic rings. The molecule has 1 saturated heterocycles. The lowest BCUT2D eigenvalue weighted by Gasteiger charge is -2.35. The molecule has 2 N–H and O–H groups in total. The van der Waals surface area contributed by atoms with E-state index in [1.165, 1.54) is 0 Å². The second-order valence-electron chi connectivity index (χ2n) is 8.58. The quantitative estimate of drug-likeness (QED) is 0.527. The number of nitrogens with zero attached hydrogens (tertiary/aromatic N) is 2. The van der Waals surface area contributed by atoms with Crippen molar-refractivity contribution in [3.05, 3.63) is 65.7 Å². The van der Waals surface area contributed by atoms with Crippen LogP contribution in [0.1, 0.15) is 17.5 Å². The van der Waals surface area contributed by atoms with Crippen molar-refractivity contribution in [2.45, 2.75) is 19.4 Å². The number of hydrogen-bond donors (Lipinski definition) is 2. The molecular weight excluding hydrogens is 394 g/mol. The van der Waals surface area contributed by atoms with Crippen LogP contribution in [0.5, 0.6) is 5.75 Å². The molecular formula is C24H29N3O4. The number of hydroxylamine groups is 1. The van der Waals surface area contributed by atoms with E-state index in [1.54, 1.807) is 5.48 Å². The normalized spacial score (nSPS) is 23.3. The van der Waals surface area contributed by atoms with Gasteiger partial charge in [-0.2, -0.15) is 0 Å². The molecule has 4 rings (SSSR count). The Hall–Kier alpha value is -2.90. The van der Waals surface area contributed by atoms with Crippen molar-refractivity contribution in [3.8, 4) is 5.75 Å². The fourth-order valence-corrected chi connectivity index (χ4v) is 4.37. The number of rotatable bonds is 7. The van der Waals surface area contributed by atoms with E-state index >= 15 is 0 Å². The number of benzene rings is 2. The molecule has 0 bridgehead atoms. The first-order valence-electron chi connectivity index (χ1n) is 10.7. The van der Waals surface area contributed by atoms with E-state index in [2.05, 4.69) is 4.90 Å². The van der Waals surface area contributed by atoms with Gasteiger partial charge in [-0.25, -0.2) is 5.48 Å². The minimum absolute atomic E-state index is 0.0126. The molecule has 2 fully saturated rings. The fourth-order valence-electron chi connectivity index (χ4n) is 4.37. The third-order valence-corrected chi connectivity index (χ3v) is 6.41. The van der Waals surface area contributed by atoms with Gasteiger partial charge < -0.3 is 14.5 Å². The minimum atomic E-state index is -0.783. The summed E-state index contributed by atoms with van der Waals surface area (Å²) in [4.78, 5) is 29.6. The van der Waals surface area contributed by atoms with E-state index in [1.807, 2.05) is 66.5 Å². The Labute approximate surface area is 182 Å². The number of nitrogens with one attached hydrogen (secondary N) is 1. The lowest BCUT2D eigenvalue weighted by atomic mass is 9.91. The van der Waals surface area contributed by atoms with Gasteiger partial charge in [0, 0.05) is 26.2 Å². The van der Waals surface area contributed by atoms with Crippen molar-refractivity contribution >= 4 is 11.8 Å². The summed E-state index contributed by atoms with van der Waals surface area (Å²) in [6.07, 6.45) is 0.923. The maximum absolute atomic E-state index is 13.4. The van der Waals surface area contributed by atoms with Crippen molar-refractivity contribution in [1.82, 2.24) is 15.3 Å². The lowest BCUT2D eigenvalue weighted by Crippen LogP contribution is -2.50. The summed E-state index contributed by atoms with van der Waals surface area (Å²) in [6, 6.07) is 17.7. The third kappa shape index (κ3) is 4.73. The van der Waals surface area contributed by atoms with Crippen LogP contribution in [0.15, 0.2) is 54.6 Å². The molecule has 0 radical (unpaired) electrons. The predicted molar refractivity (Wildman–Crippen MR) is 115 cm³/mol. The van der Waals surface area contributed by atoms with E-state index in [0.717, 1.165) is 30.0 Å². The standard InChI is InChI=1S/C24H29N3O4/c1-26-11-13-27(14-12-26)23(29)24(16-21(24)22(28)25-30)15-18-7-9-20(10-8-18)31-17-19-5-3-2-4-6-19/h2-10,21,30H,11-17H2,1H3,(H,25,28)/t21-,24+/m1/s1. The van der Waals surface area contributed by atoms with Crippen LogP contribution in [0, 0.1) is 11.3 Å². The number of carbonyl (C=O) groups is 2. The second-order valence-corrected chi connectivity index (χ2v) is 8.58. The maximum atomic E-state index is 13.4. The van der Waals surface area contributed by atoms with Crippen molar-refractivity contribution in [2.24, 2.45) is 11.3 Å².